The van der Waals surface area contributed by atoms with Crippen LogP contribution in [0.5, 0.6) is 0 Å². The summed E-state index contributed by atoms with van der Waals surface area (Å²) in [5, 5.41) is 11.9. The number of hydrogen-bond acceptors (Lipinski definition) is 4. The van der Waals surface area contributed by atoms with E-state index in [0.717, 1.165) is 11.4 Å². The van der Waals surface area contributed by atoms with Gasteiger partial charge in [-0.2, -0.15) is 0 Å². The molecule has 0 aliphatic carbocycles. The Labute approximate surface area is 63.6 Å². The molecule has 0 saturated heterocycles. The molecule has 0 radical (unpaired) electrons. The van der Waals surface area contributed by atoms with Gasteiger partial charge in [-0.05, 0) is 6.07 Å². The molecule has 0 saturated carbocycles. The van der Waals surface area contributed by atoms with Crippen molar-refractivity contribution in [3.63, 3.8) is 0 Å². The topological polar surface area (TPSA) is 57.5 Å². The maximum atomic E-state index is 9.08. The number of pyridine rings is 1. The van der Waals surface area contributed by atoms with Crippen LogP contribution in [0, 0.1) is 0 Å². The maximum absolute atomic E-state index is 9.08. The van der Waals surface area contributed by atoms with Crippen LogP contribution in [0.15, 0.2) is 23.5 Å². The van der Waals surface area contributed by atoms with E-state index in [1.54, 1.807) is 18.5 Å². The van der Waals surface area contributed by atoms with Crippen molar-refractivity contribution in [3.05, 3.63) is 18.5 Å². The molecule has 1 aliphatic heterocycles. The summed E-state index contributed by atoms with van der Waals surface area (Å²) in [6, 6.07) is 1.77. The molecule has 4 heteroatoms. The number of aliphatic hydroxyl groups excluding tert-OH is 1. The van der Waals surface area contributed by atoms with Gasteiger partial charge >= 0.3 is 0 Å². The number of aromatic nitrogens is 1. The molecule has 0 spiro atoms. The van der Waals surface area contributed by atoms with Crippen molar-refractivity contribution < 1.29 is 5.11 Å². The summed E-state index contributed by atoms with van der Waals surface area (Å²) in [5.74, 6) is 0. The zero-order valence-electron chi connectivity index (χ0n) is 5.73. The first-order valence-electron chi connectivity index (χ1n) is 3.29. The summed E-state index contributed by atoms with van der Waals surface area (Å²) in [6.45, 7) is 0. The Morgan fingerprint density at radius 2 is 2.45 bits per heavy atom. The van der Waals surface area contributed by atoms with Crippen molar-refractivity contribution in [1.29, 1.82) is 0 Å². The lowest BCUT2D eigenvalue weighted by Crippen LogP contribution is -2.22. The van der Waals surface area contributed by atoms with E-state index in [2.05, 4.69) is 15.3 Å². The van der Waals surface area contributed by atoms with E-state index in [4.69, 9.17) is 5.11 Å². The minimum Gasteiger partial charge on any atom is -0.369 e. The van der Waals surface area contributed by atoms with E-state index in [1.165, 1.54) is 6.21 Å². The largest absolute Gasteiger partial charge is 0.369 e. The van der Waals surface area contributed by atoms with E-state index in [1.807, 2.05) is 0 Å². The van der Waals surface area contributed by atoms with Gasteiger partial charge in [0.05, 0.1) is 18.1 Å². The first kappa shape index (κ1) is 6.30. The summed E-state index contributed by atoms with van der Waals surface area (Å²) in [7, 11) is 0. The summed E-state index contributed by atoms with van der Waals surface area (Å²) in [4.78, 5) is 7.86. The Hall–Kier alpha value is -1.42. The first-order valence-corrected chi connectivity index (χ1v) is 3.29. The fourth-order valence-corrected chi connectivity index (χ4v) is 0.959. The number of fused-ring (bicyclic) bond motifs is 1. The Balaban J connectivity index is 2.46. The van der Waals surface area contributed by atoms with Crippen LogP contribution in [-0.2, 0) is 0 Å². The third-order valence-corrected chi connectivity index (χ3v) is 1.46. The van der Waals surface area contributed by atoms with Crippen molar-refractivity contribution in [3.8, 4) is 0 Å². The molecule has 1 atom stereocenters. The van der Waals surface area contributed by atoms with Crippen LogP contribution in [0.25, 0.3) is 0 Å². The summed E-state index contributed by atoms with van der Waals surface area (Å²) in [6.07, 6.45) is 4.05. The molecule has 0 amide bonds. The number of nitrogens with one attached hydrogen (secondary N) is 1. The second-order valence-corrected chi connectivity index (χ2v) is 2.26. The number of rotatable bonds is 0. The quantitative estimate of drug-likeness (QED) is 0.565. The average molecular weight is 149 g/mol. The molecular formula is C7H7N3O. The summed E-state index contributed by atoms with van der Waals surface area (Å²) >= 11 is 0. The van der Waals surface area contributed by atoms with Gasteiger partial charge in [-0.15, -0.1) is 0 Å². The van der Waals surface area contributed by atoms with Crippen LogP contribution in [0.2, 0.25) is 0 Å². The van der Waals surface area contributed by atoms with Gasteiger partial charge in [0.2, 0.25) is 0 Å². The molecule has 11 heavy (non-hydrogen) atoms. The molecular weight excluding hydrogens is 142 g/mol. The highest BCUT2D eigenvalue weighted by Gasteiger charge is 2.09. The third kappa shape index (κ3) is 1.08. The average Bonchev–Trinajstić information content (AvgIpc) is 2.04. The van der Waals surface area contributed by atoms with Gasteiger partial charge in [0.15, 0.2) is 6.23 Å². The van der Waals surface area contributed by atoms with Crippen molar-refractivity contribution in [2.45, 2.75) is 6.23 Å². The minimum absolute atomic E-state index is 0.676. The molecule has 1 aromatic rings. The van der Waals surface area contributed by atoms with E-state index < -0.39 is 6.23 Å². The van der Waals surface area contributed by atoms with Crippen LogP contribution < -0.4 is 5.32 Å². The summed E-state index contributed by atoms with van der Waals surface area (Å²) in [5.41, 5.74) is 1.58. The normalized spacial score (nSPS) is 20.6. The molecule has 0 bridgehead atoms. The standard InChI is InChI=1S/C7H7N3O/c11-7-4-9-6-3-8-2-1-5(6)10-7/h1-4,7,10-11H. The van der Waals surface area contributed by atoms with E-state index in [0.29, 0.717) is 0 Å². The molecule has 4 nitrogen and oxygen atoms in total. The van der Waals surface area contributed by atoms with E-state index >= 15 is 0 Å². The van der Waals surface area contributed by atoms with Crippen LogP contribution in [0.3, 0.4) is 0 Å². The lowest BCUT2D eigenvalue weighted by atomic mass is 10.3. The van der Waals surface area contributed by atoms with Crippen LogP contribution in [0.4, 0.5) is 11.4 Å². The van der Waals surface area contributed by atoms with Gasteiger partial charge in [0, 0.05) is 6.20 Å². The third-order valence-electron chi connectivity index (χ3n) is 1.46. The zero-order valence-corrected chi connectivity index (χ0v) is 5.73. The number of anilines is 1. The first-order chi connectivity index (χ1) is 5.36. The lowest BCUT2D eigenvalue weighted by molar-refractivity contribution is 0.274. The molecule has 2 heterocycles. The number of aliphatic hydroxyl groups is 1. The van der Waals surface area contributed by atoms with Crippen LogP contribution in [0.1, 0.15) is 0 Å². The highest BCUT2D eigenvalue weighted by atomic mass is 16.3. The number of nitrogens with zero attached hydrogens (tertiary/aromatic N) is 2. The molecule has 1 unspecified atom stereocenters. The molecule has 2 rings (SSSR count). The van der Waals surface area contributed by atoms with Crippen molar-refractivity contribution in [1.82, 2.24) is 4.98 Å². The Morgan fingerprint density at radius 3 is 3.36 bits per heavy atom. The molecule has 0 fully saturated rings. The zero-order chi connectivity index (χ0) is 7.68. The van der Waals surface area contributed by atoms with Crippen LogP contribution in [-0.4, -0.2) is 22.5 Å². The second kappa shape index (κ2) is 2.32. The molecule has 2 N–H and O–H groups in total. The van der Waals surface area contributed by atoms with Gasteiger partial charge in [0.25, 0.3) is 0 Å². The predicted octanol–water partition coefficient (Wildman–Crippen LogP) is 0.528. The fraction of sp³-hybridized carbons (Fsp3) is 0.143. The van der Waals surface area contributed by atoms with Gasteiger partial charge in [0.1, 0.15) is 5.69 Å². The monoisotopic (exact) mass is 149 g/mol. The number of aliphatic imine (C=N–C) groups is 1. The molecule has 56 valence electrons. The smallest absolute Gasteiger partial charge is 0.161 e. The predicted molar refractivity (Wildman–Crippen MR) is 42.0 cm³/mol. The van der Waals surface area contributed by atoms with Crippen molar-refractivity contribution >= 4 is 17.6 Å². The van der Waals surface area contributed by atoms with Crippen LogP contribution >= 0.6 is 0 Å². The Bertz CT molecular complexity index is 297. The van der Waals surface area contributed by atoms with E-state index in [-0.39, 0.29) is 0 Å². The minimum atomic E-state index is -0.676. The maximum Gasteiger partial charge on any atom is 0.161 e. The van der Waals surface area contributed by atoms with Crippen molar-refractivity contribution in [2.75, 3.05) is 5.32 Å². The fourth-order valence-electron chi connectivity index (χ4n) is 0.959. The summed E-state index contributed by atoms with van der Waals surface area (Å²) < 4.78 is 0. The second-order valence-electron chi connectivity index (χ2n) is 2.26. The molecule has 1 aromatic heterocycles. The Morgan fingerprint density at radius 1 is 1.55 bits per heavy atom. The lowest BCUT2D eigenvalue weighted by Gasteiger charge is -2.15. The molecule has 1 aliphatic rings. The number of hydrogen-bond donors (Lipinski definition) is 2. The van der Waals surface area contributed by atoms with Gasteiger partial charge < -0.3 is 10.4 Å². The highest BCUT2D eigenvalue weighted by molar-refractivity contribution is 5.80. The molecule has 0 aromatic carbocycles. The highest BCUT2D eigenvalue weighted by Crippen LogP contribution is 2.25. The van der Waals surface area contributed by atoms with E-state index in [9.17, 15) is 0 Å². The van der Waals surface area contributed by atoms with Gasteiger partial charge in [-0.1, -0.05) is 0 Å². The van der Waals surface area contributed by atoms with Gasteiger partial charge in [-0.25, -0.2) is 0 Å². The van der Waals surface area contributed by atoms with Gasteiger partial charge in [-0.3, -0.25) is 9.98 Å². The van der Waals surface area contributed by atoms with Crippen molar-refractivity contribution in [2.24, 2.45) is 4.99 Å². The Kier molecular flexibility index (Phi) is 1.33. The SMILES string of the molecule is OC1C=Nc2cnccc2N1.